The fourth-order valence-corrected chi connectivity index (χ4v) is 4.85. The van der Waals surface area contributed by atoms with Crippen LogP contribution in [0.4, 0.5) is 5.82 Å². The Morgan fingerprint density at radius 2 is 1.80 bits per heavy atom. The third-order valence-electron chi connectivity index (χ3n) is 6.59. The molecular formula is C24H33N5O. The Morgan fingerprint density at radius 1 is 1.00 bits per heavy atom. The van der Waals surface area contributed by atoms with E-state index in [1.165, 1.54) is 44.5 Å². The van der Waals surface area contributed by atoms with Gasteiger partial charge in [-0.1, -0.05) is 0 Å². The molecule has 0 saturated carbocycles. The lowest BCUT2D eigenvalue weighted by Gasteiger charge is -2.23. The van der Waals surface area contributed by atoms with Crippen molar-refractivity contribution in [3.8, 4) is 17.1 Å². The first-order chi connectivity index (χ1) is 14.8. The number of ether oxygens (including phenoxy) is 1. The summed E-state index contributed by atoms with van der Waals surface area (Å²) in [7, 11) is 0. The number of hydrogen-bond donors (Lipinski definition) is 1. The van der Waals surface area contributed by atoms with Crippen LogP contribution in [0.3, 0.4) is 0 Å². The molecule has 0 aliphatic carbocycles. The van der Waals surface area contributed by atoms with Crippen molar-refractivity contribution in [2.75, 3.05) is 50.7 Å². The molecule has 6 nitrogen and oxygen atoms in total. The lowest BCUT2D eigenvalue weighted by atomic mass is 10.1. The molecule has 1 N–H and O–H groups in total. The average molecular weight is 408 g/mol. The maximum Gasteiger partial charge on any atom is 0.161 e. The van der Waals surface area contributed by atoms with Crippen LogP contribution in [0.15, 0.2) is 30.5 Å². The average Bonchev–Trinajstić information content (AvgIpc) is 3.45. The van der Waals surface area contributed by atoms with Crippen molar-refractivity contribution in [3.63, 3.8) is 0 Å². The second-order valence-electron chi connectivity index (χ2n) is 8.77. The Hall–Kier alpha value is -2.18. The van der Waals surface area contributed by atoms with Gasteiger partial charge in [0.15, 0.2) is 5.82 Å². The first-order valence-electron chi connectivity index (χ1n) is 11.7. The van der Waals surface area contributed by atoms with Crippen molar-refractivity contribution in [1.29, 1.82) is 0 Å². The summed E-state index contributed by atoms with van der Waals surface area (Å²) in [5, 5.41) is 3.38. The van der Waals surface area contributed by atoms with E-state index in [1.807, 2.05) is 6.20 Å². The first kappa shape index (κ1) is 19.8. The summed E-state index contributed by atoms with van der Waals surface area (Å²) in [5.74, 6) is 2.89. The smallest absolute Gasteiger partial charge is 0.161 e. The van der Waals surface area contributed by atoms with Gasteiger partial charge in [0.2, 0.25) is 0 Å². The Balaban J connectivity index is 1.22. The third kappa shape index (κ3) is 4.60. The normalized spacial score (nSPS) is 19.9. The van der Waals surface area contributed by atoms with Crippen molar-refractivity contribution in [3.05, 3.63) is 36.0 Å². The molecule has 2 saturated heterocycles. The number of nitrogens with one attached hydrogen (secondary N) is 1. The van der Waals surface area contributed by atoms with Gasteiger partial charge in [0, 0.05) is 30.4 Å². The molecule has 0 amide bonds. The van der Waals surface area contributed by atoms with Gasteiger partial charge in [-0.25, -0.2) is 9.97 Å². The standard InChI is InChI=1S/C24H33N5O/c1-2-14-28(13-1)15-3-16-29-17-10-20-18-26-23(27-24(20)29)19-4-6-21(7-5-19)30-22-8-11-25-12-9-22/h4-7,18,22,25H,1-3,8-17H2. The van der Waals surface area contributed by atoms with Gasteiger partial charge >= 0.3 is 0 Å². The molecule has 0 atom stereocenters. The highest BCUT2D eigenvalue weighted by Crippen LogP contribution is 2.29. The van der Waals surface area contributed by atoms with Crippen LogP contribution in [0.1, 0.15) is 37.7 Å². The molecule has 3 aliphatic heterocycles. The quantitative estimate of drug-likeness (QED) is 0.761. The molecular weight excluding hydrogens is 374 g/mol. The molecule has 1 aromatic heterocycles. The van der Waals surface area contributed by atoms with Gasteiger partial charge in [-0.3, -0.25) is 0 Å². The molecule has 1 aromatic carbocycles. The van der Waals surface area contributed by atoms with Gasteiger partial charge in [-0.2, -0.15) is 0 Å². The fraction of sp³-hybridized carbons (Fsp3) is 0.583. The predicted molar refractivity (Wildman–Crippen MR) is 120 cm³/mol. The Labute approximate surface area is 179 Å². The van der Waals surface area contributed by atoms with E-state index in [0.29, 0.717) is 6.10 Å². The monoisotopic (exact) mass is 407 g/mol. The Morgan fingerprint density at radius 3 is 2.60 bits per heavy atom. The largest absolute Gasteiger partial charge is 0.490 e. The van der Waals surface area contributed by atoms with Gasteiger partial charge in [0.1, 0.15) is 17.7 Å². The van der Waals surface area contributed by atoms with Crippen LogP contribution in [0, 0.1) is 0 Å². The number of piperidine rings is 1. The van der Waals surface area contributed by atoms with E-state index in [0.717, 1.165) is 68.4 Å². The molecule has 2 aromatic rings. The minimum absolute atomic E-state index is 0.322. The lowest BCUT2D eigenvalue weighted by molar-refractivity contribution is 0.162. The summed E-state index contributed by atoms with van der Waals surface area (Å²) in [6.45, 7) is 8.00. The van der Waals surface area contributed by atoms with Gasteiger partial charge < -0.3 is 19.9 Å². The van der Waals surface area contributed by atoms with Crippen LogP contribution in [-0.4, -0.2) is 66.8 Å². The summed E-state index contributed by atoms with van der Waals surface area (Å²) >= 11 is 0. The highest BCUT2D eigenvalue weighted by molar-refractivity contribution is 5.61. The van der Waals surface area contributed by atoms with Crippen LogP contribution in [0.25, 0.3) is 11.4 Å². The van der Waals surface area contributed by atoms with Gasteiger partial charge in [0.05, 0.1) is 0 Å². The SMILES string of the molecule is c1cc(-c2ncc3c(n2)N(CCCN2CCCC2)CC3)ccc1OC1CCNCC1. The summed E-state index contributed by atoms with van der Waals surface area (Å²) in [4.78, 5) is 14.6. The molecule has 4 heterocycles. The van der Waals surface area contributed by atoms with Gasteiger partial charge in [-0.05, 0) is 95.5 Å². The molecule has 30 heavy (non-hydrogen) atoms. The molecule has 5 rings (SSSR count). The zero-order chi connectivity index (χ0) is 20.2. The number of fused-ring (bicyclic) bond motifs is 1. The van der Waals surface area contributed by atoms with E-state index in [4.69, 9.17) is 9.72 Å². The summed E-state index contributed by atoms with van der Waals surface area (Å²) in [5.41, 5.74) is 2.34. The van der Waals surface area contributed by atoms with Crippen LogP contribution in [-0.2, 0) is 6.42 Å². The maximum atomic E-state index is 6.13. The van der Waals surface area contributed by atoms with Gasteiger partial charge in [0.25, 0.3) is 0 Å². The van der Waals surface area contributed by atoms with Crippen molar-refractivity contribution < 1.29 is 4.74 Å². The third-order valence-corrected chi connectivity index (χ3v) is 6.59. The number of rotatable bonds is 7. The molecule has 0 bridgehead atoms. The van der Waals surface area contributed by atoms with Crippen molar-refractivity contribution >= 4 is 5.82 Å². The van der Waals surface area contributed by atoms with Crippen molar-refractivity contribution in [1.82, 2.24) is 20.2 Å². The van der Waals surface area contributed by atoms with E-state index in [-0.39, 0.29) is 0 Å². The molecule has 6 heteroatoms. The number of aromatic nitrogens is 2. The molecule has 160 valence electrons. The summed E-state index contributed by atoms with van der Waals surface area (Å²) < 4.78 is 6.13. The van der Waals surface area contributed by atoms with Crippen molar-refractivity contribution in [2.45, 2.75) is 44.6 Å². The Bertz CT molecular complexity index is 828. The number of hydrogen-bond acceptors (Lipinski definition) is 6. The topological polar surface area (TPSA) is 53.5 Å². The number of benzene rings is 1. The predicted octanol–water partition coefficient (Wildman–Crippen LogP) is 3.12. The van der Waals surface area contributed by atoms with E-state index in [9.17, 15) is 0 Å². The maximum absolute atomic E-state index is 6.13. The molecule has 0 unspecified atom stereocenters. The lowest BCUT2D eigenvalue weighted by Crippen LogP contribution is -2.34. The minimum Gasteiger partial charge on any atom is -0.490 e. The first-order valence-corrected chi connectivity index (χ1v) is 11.7. The van der Waals surface area contributed by atoms with Crippen LogP contribution < -0.4 is 15.0 Å². The highest BCUT2D eigenvalue weighted by atomic mass is 16.5. The number of anilines is 1. The second-order valence-corrected chi connectivity index (χ2v) is 8.77. The van der Waals surface area contributed by atoms with Gasteiger partial charge in [-0.15, -0.1) is 0 Å². The van der Waals surface area contributed by atoms with Crippen LogP contribution >= 0.6 is 0 Å². The van der Waals surface area contributed by atoms with Crippen LogP contribution in [0.2, 0.25) is 0 Å². The zero-order valence-electron chi connectivity index (χ0n) is 17.9. The van der Waals surface area contributed by atoms with E-state index >= 15 is 0 Å². The molecule has 0 radical (unpaired) electrons. The minimum atomic E-state index is 0.322. The Kier molecular flexibility index (Phi) is 6.13. The summed E-state index contributed by atoms with van der Waals surface area (Å²) in [6, 6.07) is 8.29. The summed E-state index contributed by atoms with van der Waals surface area (Å²) in [6.07, 6.45) is 9.49. The fourth-order valence-electron chi connectivity index (χ4n) is 4.85. The molecule has 3 aliphatic rings. The van der Waals surface area contributed by atoms with E-state index in [1.54, 1.807) is 0 Å². The van der Waals surface area contributed by atoms with E-state index < -0.39 is 0 Å². The number of likely N-dealkylation sites (tertiary alicyclic amines) is 1. The van der Waals surface area contributed by atoms with Crippen molar-refractivity contribution in [2.24, 2.45) is 0 Å². The highest BCUT2D eigenvalue weighted by Gasteiger charge is 2.22. The van der Waals surface area contributed by atoms with E-state index in [2.05, 4.69) is 44.4 Å². The molecule has 0 spiro atoms. The zero-order valence-corrected chi connectivity index (χ0v) is 17.9. The second kappa shape index (κ2) is 9.31. The number of nitrogens with zero attached hydrogens (tertiary/aromatic N) is 4. The molecule has 2 fully saturated rings. The van der Waals surface area contributed by atoms with Crippen LogP contribution in [0.5, 0.6) is 5.75 Å².